The van der Waals surface area contributed by atoms with Crippen LogP contribution in [0, 0.1) is 5.92 Å². The van der Waals surface area contributed by atoms with E-state index in [0.29, 0.717) is 22.4 Å². The van der Waals surface area contributed by atoms with Gasteiger partial charge in [-0.1, -0.05) is 18.2 Å². The molecule has 5 atom stereocenters. The number of aliphatic carboxylic acids is 1. The monoisotopic (exact) mass is 632 g/mol. The fourth-order valence-electron chi connectivity index (χ4n) is 6.71. The first kappa shape index (κ1) is 30.8. The van der Waals surface area contributed by atoms with Crippen LogP contribution in [0.1, 0.15) is 28.9 Å². The van der Waals surface area contributed by atoms with Gasteiger partial charge in [0.2, 0.25) is 5.91 Å². The molecule has 3 aliphatic rings. The Labute approximate surface area is 254 Å². The number of carboxylic acid groups (broad SMARTS) is 2. The van der Waals surface area contributed by atoms with Crippen molar-refractivity contribution in [1.82, 2.24) is 14.4 Å². The molecule has 1 aromatic heterocycles. The van der Waals surface area contributed by atoms with Crippen molar-refractivity contribution in [3.8, 4) is 5.75 Å². The van der Waals surface area contributed by atoms with Gasteiger partial charge in [-0.05, 0) is 51.1 Å². The quantitative estimate of drug-likeness (QED) is 0.251. The zero-order valence-electron chi connectivity index (χ0n) is 23.6. The molecule has 2 aromatic rings. The van der Waals surface area contributed by atoms with Crippen molar-refractivity contribution in [2.45, 2.75) is 35.0 Å². The average Bonchev–Trinajstić information content (AvgIpc) is 3.43. The normalized spacial score (nSPS) is 28.9. The number of benzene rings is 1. The molecule has 0 bridgehead atoms. The SMILES string of the molecule is CN(C)CCOc1ccc2c(c1)c(C1(F)C(C(N)=O)=CC=CC1(Cl)[C@]1(C(=O)O)C[C@H]3C[C@H]3N1C(=O)O)c(C(N)=O)n2C(N)=O. The van der Waals surface area contributed by atoms with Gasteiger partial charge >= 0.3 is 18.1 Å². The third-order valence-corrected chi connectivity index (χ3v) is 9.32. The van der Waals surface area contributed by atoms with Gasteiger partial charge in [-0.15, -0.1) is 11.6 Å². The van der Waals surface area contributed by atoms with Gasteiger partial charge in [0.05, 0.1) is 11.1 Å². The summed E-state index contributed by atoms with van der Waals surface area (Å²) >= 11 is 7.15. The van der Waals surface area contributed by atoms with E-state index in [-0.39, 0.29) is 23.3 Å². The minimum atomic E-state index is -3.58. The van der Waals surface area contributed by atoms with Gasteiger partial charge in [-0.25, -0.2) is 18.8 Å². The van der Waals surface area contributed by atoms with Crippen molar-refractivity contribution in [2.24, 2.45) is 23.1 Å². The Bertz CT molecular complexity index is 1710. The first-order chi connectivity index (χ1) is 20.5. The Balaban J connectivity index is 1.91. The number of primary amides is 3. The van der Waals surface area contributed by atoms with Crippen LogP contribution in [0.4, 0.5) is 14.0 Å². The number of amides is 4. The van der Waals surface area contributed by atoms with Gasteiger partial charge in [0.1, 0.15) is 22.9 Å². The summed E-state index contributed by atoms with van der Waals surface area (Å²) in [7, 11) is 3.62. The molecule has 2 unspecified atom stereocenters. The van der Waals surface area contributed by atoms with Crippen LogP contribution in [-0.2, 0) is 15.3 Å². The number of ether oxygens (including phenoxy) is 1. The zero-order valence-corrected chi connectivity index (χ0v) is 24.4. The summed E-state index contributed by atoms with van der Waals surface area (Å²) in [5.74, 6) is -4.92. The van der Waals surface area contributed by atoms with Crippen LogP contribution in [0.2, 0.25) is 0 Å². The molecule has 44 heavy (non-hydrogen) atoms. The first-order valence-corrected chi connectivity index (χ1v) is 13.8. The second-order valence-corrected chi connectivity index (χ2v) is 11.9. The third kappa shape index (κ3) is 4.06. The summed E-state index contributed by atoms with van der Waals surface area (Å²) in [6.45, 7) is 0.645. The second kappa shape index (κ2) is 10.2. The van der Waals surface area contributed by atoms with Gasteiger partial charge < -0.3 is 37.1 Å². The first-order valence-electron chi connectivity index (χ1n) is 13.4. The van der Waals surface area contributed by atoms with E-state index >= 15 is 4.39 Å². The number of nitrogens with zero attached hydrogens (tertiary/aromatic N) is 3. The van der Waals surface area contributed by atoms with E-state index < -0.39 is 81.2 Å². The Morgan fingerprint density at radius 1 is 1.14 bits per heavy atom. The van der Waals surface area contributed by atoms with Crippen LogP contribution in [0.25, 0.3) is 10.9 Å². The summed E-state index contributed by atoms with van der Waals surface area (Å²) in [5.41, 5.74) is 7.98. The molecule has 2 fully saturated rings. The number of carbonyl (C=O) groups excluding carboxylic acids is 3. The number of halogens is 2. The highest BCUT2D eigenvalue weighted by Crippen LogP contribution is 2.66. The second-order valence-electron chi connectivity index (χ2n) is 11.4. The molecule has 1 saturated carbocycles. The molecule has 14 nitrogen and oxygen atoms in total. The van der Waals surface area contributed by atoms with Crippen LogP contribution in [-0.4, -0.2) is 98.2 Å². The van der Waals surface area contributed by atoms with E-state index in [0.717, 1.165) is 18.2 Å². The number of likely N-dealkylation sites (tertiary alicyclic amines) is 1. The number of carboxylic acids is 1. The van der Waals surface area contributed by atoms with Crippen LogP contribution in [0.3, 0.4) is 0 Å². The largest absolute Gasteiger partial charge is 0.492 e. The highest BCUT2D eigenvalue weighted by molar-refractivity contribution is 6.31. The van der Waals surface area contributed by atoms with Crippen LogP contribution in [0.5, 0.6) is 5.75 Å². The standard InChI is InChI=1S/C28H30ClFN6O8/c1-34(2)8-9-44-14-5-6-17-15(11-14)19(20(22(32)38)35(17)24(33)41)28(30)16(21(31)37)4-3-7-27(28,29)26(23(39)40)12-13-10-18(13)36(26)25(42)43/h3-7,11,13,18H,8-10,12H2,1-2H3,(H2,31,37)(H2,32,38)(H2,33,41)(H,39,40)(H,42,43)/t13-,18-,26-,27?,28?/m1/s1. The molecule has 234 valence electrons. The van der Waals surface area contributed by atoms with Crippen molar-refractivity contribution >= 4 is 52.4 Å². The number of hydrogen-bond donors (Lipinski definition) is 5. The van der Waals surface area contributed by atoms with Crippen molar-refractivity contribution < 1.29 is 43.3 Å². The third-order valence-electron chi connectivity index (χ3n) is 8.62. The Morgan fingerprint density at radius 3 is 2.36 bits per heavy atom. The molecule has 5 rings (SSSR count). The van der Waals surface area contributed by atoms with Crippen LogP contribution in [0.15, 0.2) is 42.0 Å². The highest BCUT2D eigenvalue weighted by atomic mass is 35.5. The number of aromatic nitrogens is 1. The summed E-state index contributed by atoms with van der Waals surface area (Å²) in [6.07, 6.45) is 1.16. The summed E-state index contributed by atoms with van der Waals surface area (Å²) in [5, 5.41) is 20.7. The molecule has 1 aliphatic heterocycles. The lowest BCUT2D eigenvalue weighted by atomic mass is 9.62. The average molecular weight is 633 g/mol. The summed E-state index contributed by atoms with van der Waals surface area (Å²) < 4.78 is 25.2. The maximum Gasteiger partial charge on any atom is 0.408 e. The topological polar surface area (TPSA) is 225 Å². The van der Waals surface area contributed by atoms with Gasteiger partial charge in [0.25, 0.3) is 5.91 Å². The van der Waals surface area contributed by atoms with Crippen LogP contribution < -0.4 is 21.9 Å². The maximum atomic E-state index is 18.8. The Morgan fingerprint density at radius 2 is 1.82 bits per heavy atom. The van der Waals surface area contributed by atoms with E-state index in [1.165, 1.54) is 18.2 Å². The summed E-state index contributed by atoms with van der Waals surface area (Å²) in [4.78, 5) is 64.0. The van der Waals surface area contributed by atoms with E-state index in [9.17, 15) is 34.2 Å². The molecule has 0 radical (unpaired) electrons. The molecule has 2 heterocycles. The predicted octanol–water partition coefficient (Wildman–Crippen LogP) is 1.33. The number of carbonyl (C=O) groups is 5. The molecule has 2 aliphatic carbocycles. The lowest BCUT2D eigenvalue weighted by molar-refractivity contribution is -0.154. The number of piperidine rings is 1. The number of likely N-dealkylation sites (N-methyl/N-ethyl adjacent to an activating group) is 1. The number of alkyl halides is 2. The Kier molecular flexibility index (Phi) is 7.17. The van der Waals surface area contributed by atoms with Gasteiger partial charge in [0.15, 0.2) is 11.2 Å². The molecule has 0 spiro atoms. The molecular weight excluding hydrogens is 603 g/mol. The van der Waals surface area contributed by atoms with Crippen molar-refractivity contribution in [3.05, 3.63) is 53.3 Å². The minimum absolute atomic E-state index is 0.139. The van der Waals surface area contributed by atoms with Crippen molar-refractivity contribution in [3.63, 3.8) is 0 Å². The van der Waals surface area contributed by atoms with Crippen molar-refractivity contribution in [2.75, 3.05) is 27.2 Å². The number of hydrogen-bond acceptors (Lipinski definition) is 7. The van der Waals surface area contributed by atoms with Gasteiger partial charge in [0, 0.05) is 23.5 Å². The zero-order chi connectivity index (χ0) is 32.5. The smallest absolute Gasteiger partial charge is 0.408 e. The highest BCUT2D eigenvalue weighted by Gasteiger charge is 2.79. The minimum Gasteiger partial charge on any atom is -0.492 e. The lowest BCUT2D eigenvalue weighted by Gasteiger charge is -2.53. The van der Waals surface area contributed by atoms with E-state index in [1.54, 1.807) is 0 Å². The number of rotatable bonds is 9. The lowest BCUT2D eigenvalue weighted by Crippen LogP contribution is -2.72. The maximum absolute atomic E-state index is 18.8. The molecular formula is C28H30ClFN6O8. The fourth-order valence-corrected chi connectivity index (χ4v) is 7.23. The van der Waals surface area contributed by atoms with Gasteiger partial charge in [-0.3, -0.25) is 19.1 Å². The number of allylic oxidation sites excluding steroid dienone is 2. The number of nitrogens with two attached hydrogens (primary N) is 3. The van der Waals surface area contributed by atoms with E-state index in [2.05, 4.69) is 0 Å². The molecule has 1 aromatic carbocycles. The van der Waals surface area contributed by atoms with E-state index in [1.807, 2.05) is 19.0 Å². The van der Waals surface area contributed by atoms with Gasteiger partial charge in [-0.2, -0.15) is 0 Å². The summed E-state index contributed by atoms with van der Waals surface area (Å²) in [6, 6.07) is 1.92. The Hall–Kier alpha value is -4.63. The van der Waals surface area contributed by atoms with E-state index in [4.69, 9.17) is 33.5 Å². The predicted molar refractivity (Wildman–Crippen MR) is 154 cm³/mol. The van der Waals surface area contributed by atoms with Crippen molar-refractivity contribution in [1.29, 1.82) is 0 Å². The molecule has 8 N–H and O–H groups in total. The molecule has 16 heteroatoms. The molecule has 1 saturated heterocycles. The fraction of sp³-hybridized carbons (Fsp3) is 0.393. The van der Waals surface area contributed by atoms with Crippen LogP contribution >= 0.6 is 11.6 Å². The number of fused-ring (bicyclic) bond motifs is 2. The molecule has 4 amide bonds.